The van der Waals surface area contributed by atoms with Crippen molar-refractivity contribution in [2.45, 2.75) is 12.5 Å². The summed E-state index contributed by atoms with van der Waals surface area (Å²) in [5, 5.41) is 8.57. The molecule has 0 fully saturated rings. The van der Waals surface area contributed by atoms with Crippen molar-refractivity contribution in [1.29, 1.82) is 0 Å². The zero-order chi connectivity index (χ0) is 22.2. The van der Waals surface area contributed by atoms with Gasteiger partial charge in [0.25, 0.3) is 11.8 Å². The van der Waals surface area contributed by atoms with E-state index in [9.17, 15) is 14.4 Å². The van der Waals surface area contributed by atoms with Gasteiger partial charge in [0.05, 0.1) is 23.0 Å². The highest BCUT2D eigenvalue weighted by molar-refractivity contribution is 6.33. The second-order valence-electron chi connectivity index (χ2n) is 6.83. The van der Waals surface area contributed by atoms with E-state index in [0.717, 1.165) is 5.56 Å². The average Bonchev–Trinajstić information content (AvgIpc) is 2.79. The first kappa shape index (κ1) is 22.1. The normalized spacial score (nSPS) is 11.3. The van der Waals surface area contributed by atoms with Crippen LogP contribution >= 0.6 is 11.6 Å². The van der Waals surface area contributed by atoms with Crippen molar-refractivity contribution in [3.8, 4) is 0 Å². The molecule has 1 unspecified atom stereocenters. The summed E-state index contributed by atoms with van der Waals surface area (Å²) in [5.41, 5.74) is 2.06. The third kappa shape index (κ3) is 5.93. The molecule has 3 rings (SSSR count). The van der Waals surface area contributed by atoms with Gasteiger partial charge in [0, 0.05) is 18.3 Å². The number of carbonyl (C=O) groups is 3. The summed E-state index contributed by atoms with van der Waals surface area (Å²) in [6.07, 6.45) is 0.00437. The Morgan fingerprint density at radius 3 is 2.29 bits per heavy atom. The maximum Gasteiger partial charge on any atom is 0.253 e. The minimum atomic E-state index is -0.563. The van der Waals surface area contributed by atoms with E-state index in [0.29, 0.717) is 21.8 Å². The fourth-order valence-corrected chi connectivity index (χ4v) is 3.32. The summed E-state index contributed by atoms with van der Waals surface area (Å²) >= 11 is 6.14. The number of benzene rings is 3. The van der Waals surface area contributed by atoms with Crippen molar-refractivity contribution in [2.24, 2.45) is 0 Å². The minimum Gasteiger partial charge on any atom is -0.355 e. The van der Waals surface area contributed by atoms with Gasteiger partial charge in [-0.05, 0) is 35.9 Å². The van der Waals surface area contributed by atoms with Crippen molar-refractivity contribution >= 4 is 35.0 Å². The van der Waals surface area contributed by atoms with Crippen LogP contribution in [-0.4, -0.2) is 24.8 Å². The van der Waals surface area contributed by atoms with E-state index in [1.807, 2.05) is 30.3 Å². The second kappa shape index (κ2) is 10.4. The predicted molar refractivity (Wildman–Crippen MR) is 121 cm³/mol. The SMILES string of the molecule is CNC(=O)c1cccc(NC(=O)CC(NC(=O)c2ccccc2Cl)c2ccccc2)c1. The molecule has 0 aliphatic carbocycles. The van der Waals surface area contributed by atoms with Gasteiger partial charge >= 0.3 is 0 Å². The number of hydrogen-bond donors (Lipinski definition) is 3. The number of halogens is 1. The molecule has 6 nitrogen and oxygen atoms in total. The van der Waals surface area contributed by atoms with E-state index < -0.39 is 6.04 Å². The highest BCUT2D eigenvalue weighted by atomic mass is 35.5. The van der Waals surface area contributed by atoms with Crippen molar-refractivity contribution in [3.05, 3.63) is 101 Å². The van der Waals surface area contributed by atoms with Crippen LogP contribution in [0.15, 0.2) is 78.9 Å². The molecule has 1 atom stereocenters. The highest BCUT2D eigenvalue weighted by Crippen LogP contribution is 2.21. The Morgan fingerprint density at radius 2 is 1.58 bits per heavy atom. The lowest BCUT2D eigenvalue weighted by molar-refractivity contribution is -0.116. The van der Waals surface area contributed by atoms with E-state index in [4.69, 9.17) is 11.6 Å². The van der Waals surface area contributed by atoms with Gasteiger partial charge in [0.1, 0.15) is 0 Å². The monoisotopic (exact) mass is 435 g/mol. The van der Waals surface area contributed by atoms with Crippen molar-refractivity contribution in [3.63, 3.8) is 0 Å². The summed E-state index contributed by atoms with van der Waals surface area (Å²) < 4.78 is 0. The summed E-state index contributed by atoms with van der Waals surface area (Å²) in [6.45, 7) is 0. The lowest BCUT2D eigenvalue weighted by Crippen LogP contribution is -2.31. The van der Waals surface area contributed by atoms with Crippen molar-refractivity contribution in [1.82, 2.24) is 10.6 Å². The molecule has 0 heterocycles. The minimum absolute atomic E-state index is 0.00437. The Bertz CT molecular complexity index is 1090. The fraction of sp³-hybridized carbons (Fsp3) is 0.125. The van der Waals surface area contributed by atoms with Crippen LogP contribution in [0, 0.1) is 0 Å². The molecule has 31 heavy (non-hydrogen) atoms. The summed E-state index contributed by atoms with van der Waals surface area (Å²) in [5.74, 6) is -0.915. The van der Waals surface area contributed by atoms with Gasteiger partial charge < -0.3 is 16.0 Å². The number of nitrogens with one attached hydrogen (secondary N) is 3. The lowest BCUT2D eigenvalue weighted by atomic mass is 10.0. The zero-order valence-electron chi connectivity index (χ0n) is 16.9. The quantitative estimate of drug-likeness (QED) is 0.519. The average molecular weight is 436 g/mol. The van der Waals surface area contributed by atoms with Gasteiger partial charge in [-0.3, -0.25) is 14.4 Å². The molecule has 3 amide bonds. The van der Waals surface area contributed by atoms with Crippen LogP contribution in [0.25, 0.3) is 0 Å². The number of amides is 3. The van der Waals surface area contributed by atoms with Crippen LogP contribution in [0.3, 0.4) is 0 Å². The van der Waals surface area contributed by atoms with Crippen molar-refractivity contribution < 1.29 is 14.4 Å². The number of anilines is 1. The molecule has 3 aromatic carbocycles. The molecular formula is C24H22ClN3O3. The Kier molecular flexibility index (Phi) is 7.40. The first-order chi connectivity index (χ1) is 15.0. The van der Waals surface area contributed by atoms with Crippen LogP contribution in [0.5, 0.6) is 0 Å². The molecule has 3 N–H and O–H groups in total. The van der Waals surface area contributed by atoms with E-state index >= 15 is 0 Å². The molecule has 3 aromatic rings. The molecule has 0 aliphatic rings. The molecule has 0 spiro atoms. The van der Waals surface area contributed by atoms with Crippen LogP contribution in [0.4, 0.5) is 5.69 Å². The number of carbonyl (C=O) groups excluding carboxylic acids is 3. The highest BCUT2D eigenvalue weighted by Gasteiger charge is 2.20. The molecule has 0 saturated heterocycles. The van der Waals surface area contributed by atoms with Gasteiger partial charge in [-0.25, -0.2) is 0 Å². The molecule has 0 aromatic heterocycles. The van der Waals surface area contributed by atoms with Crippen LogP contribution in [0.2, 0.25) is 5.02 Å². The van der Waals surface area contributed by atoms with E-state index in [-0.39, 0.29) is 24.1 Å². The van der Waals surface area contributed by atoms with Crippen molar-refractivity contribution in [2.75, 3.05) is 12.4 Å². The number of rotatable bonds is 7. The zero-order valence-corrected chi connectivity index (χ0v) is 17.6. The van der Waals surface area contributed by atoms with E-state index in [1.54, 1.807) is 55.6 Å². The Balaban J connectivity index is 1.76. The lowest BCUT2D eigenvalue weighted by Gasteiger charge is -2.19. The van der Waals surface area contributed by atoms with Gasteiger partial charge in [-0.15, -0.1) is 0 Å². The van der Waals surface area contributed by atoms with Crippen LogP contribution in [-0.2, 0) is 4.79 Å². The Morgan fingerprint density at radius 1 is 0.871 bits per heavy atom. The molecule has 158 valence electrons. The summed E-state index contributed by atoms with van der Waals surface area (Å²) in [4.78, 5) is 37.3. The molecule has 0 radical (unpaired) electrons. The molecule has 7 heteroatoms. The third-order valence-corrected chi connectivity index (χ3v) is 4.98. The molecular weight excluding hydrogens is 414 g/mol. The van der Waals surface area contributed by atoms with E-state index in [1.165, 1.54) is 0 Å². The summed E-state index contributed by atoms with van der Waals surface area (Å²) in [6, 6.07) is 22.0. The third-order valence-electron chi connectivity index (χ3n) is 4.65. The maximum atomic E-state index is 12.8. The molecule has 0 bridgehead atoms. The van der Waals surface area contributed by atoms with Crippen LogP contribution < -0.4 is 16.0 Å². The standard InChI is InChI=1S/C24H22ClN3O3/c1-26-23(30)17-10-7-11-18(14-17)27-22(29)15-21(16-8-3-2-4-9-16)28-24(31)19-12-5-6-13-20(19)25/h2-14,21H,15H2,1H3,(H,26,30)(H,27,29)(H,28,31). The van der Waals surface area contributed by atoms with Gasteiger partial charge in [-0.1, -0.05) is 60.1 Å². The molecule has 0 saturated carbocycles. The smallest absolute Gasteiger partial charge is 0.253 e. The van der Waals surface area contributed by atoms with Gasteiger partial charge in [0.15, 0.2) is 0 Å². The largest absolute Gasteiger partial charge is 0.355 e. The first-order valence-electron chi connectivity index (χ1n) is 9.70. The topological polar surface area (TPSA) is 87.3 Å². The van der Waals surface area contributed by atoms with Crippen LogP contribution in [0.1, 0.15) is 38.7 Å². The number of hydrogen-bond acceptors (Lipinski definition) is 3. The predicted octanol–water partition coefficient (Wildman–Crippen LogP) is 4.20. The first-order valence-corrected chi connectivity index (χ1v) is 10.1. The fourth-order valence-electron chi connectivity index (χ4n) is 3.10. The van der Waals surface area contributed by atoms with Gasteiger partial charge in [0.2, 0.25) is 5.91 Å². The Hall–Kier alpha value is -3.64. The second-order valence-corrected chi connectivity index (χ2v) is 7.24. The van der Waals surface area contributed by atoms with E-state index in [2.05, 4.69) is 16.0 Å². The summed E-state index contributed by atoms with van der Waals surface area (Å²) in [7, 11) is 1.54. The van der Waals surface area contributed by atoms with Gasteiger partial charge in [-0.2, -0.15) is 0 Å². The maximum absolute atomic E-state index is 12.8. The Labute approximate surface area is 185 Å². The molecule has 0 aliphatic heterocycles.